The quantitative estimate of drug-likeness (QED) is 0.927. The van der Waals surface area contributed by atoms with Crippen LogP contribution in [0.1, 0.15) is 31.4 Å². The summed E-state index contributed by atoms with van der Waals surface area (Å²) in [4.78, 5) is 4.81. The second-order valence-electron chi connectivity index (χ2n) is 5.68. The second-order valence-corrected chi connectivity index (χ2v) is 6.53. The number of piperidine rings is 1. The number of hydrogen-bond donors (Lipinski definition) is 1. The Morgan fingerprint density at radius 3 is 2.42 bits per heavy atom. The summed E-state index contributed by atoms with van der Waals surface area (Å²) in [5.74, 6) is 0. The smallest absolute Gasteiger partial charge is 0.0377 e. The summed E-state index contributed by atoms with van der Waals surface area (Å²) in [6.45, 7) is 4.28. The van der Waals surface area contributed by atoms with Crippen LogP contribution in [0.15, 0.2) is 22.7 Å². The molecule has 1 aromatic carbocycles. The maximum Gasteiger partial charge on any atom is 0.0377 e. The molecule has 2 N–H and O–H groups in total. The predicted octanol–water partition coefficient (Wildman–Crippen LogP) is 3.00. The number of nitrogens with zero attached hydrogens (tertiary/aromatic N) is 2. The first-order valence-corrected chi connectivity index (χ1v) is 7.74. The van der Waals surface area contributed by atoms with Gasteiger partial charge in [-0.05, 0) is 51.6 Å². The Morgan fingerprint density at radius 1 is 1.32 bits per heavy atom. The molecule has 1 aliphatic rings. The Bertz CT molecular complexity index is 423. The molecule has 1 unspecified atom stereocenters. The summed E-state index contributed by atoms with van der Waals surface area (Å²) in [5, 5.41) is 0. The van der Waals surface area contributed by atoms with Crippen molar-refractivity contribution in [1.29, 1.82) is 0 Å². The molecule has 0 aromatic heterocycles. The van der Waals surface area contributed by atoms with E-state index in [0.717, 1.165) is 23.6 Å². The van der Waals surface area contributed by atoms with E-state index in [0.29, 0.717) is 0 Å². The monoisotopic (exact) mass is 325 g/mol. The number of hydrogen-bond acceptors (Lipinski definition) is 3. The minimum atomic E-state index is 0.0721. The summed E-state index contributed by atoms with van der Waals surface area (Å²) >= 11 is 3.63. The molecule has 0 aliphatic carbocycles. The van der Waals surface area contributed by atoms with Gasteiger partial charge in [-0.25, -0.2) is 0 Å². The third-order valence-electron chi connectivity index (χ3n) is 4.03. The van der Waals surface area contributed by atoms with E-state index in [1.54, 1.807) is 0 Å². The van der Waals surface area contributed by atoms with Crippen LogP contribution >= 0.6 is 15.9 Å². The van der Waals surface area contributed by atoms with Crippen molar-refractivity contribution in [3.8, 4) is 0 Å². The Balaban J connectivity index is 2.06. The van der Waals surface area contributed by atoms with Gasteiger partial charge in [-0.2, -0.15) is 0 Å². The fourth-order valence-corrected chi connectivity index (χ4v) is 3.45. The van der Waals surface area contributed by atoms with Crippen LogP contribution in [0.5, 0.6) is 0 Å². The van der Waals surface area contributed by atoms with Crippen LogP contribution in [-0.4, -0.2) is 38.1 Å². The molecule has 2 rings (SSSR count). The van der Waals surface area contributed by atoms with Crippen molar-refractivity contribution >= 4 is 21.6 Å². The van der Waals surface area contributed by atoms with Gasteiger partial charge >= 0.3 is 0 Å². The average Bonchev–Trinajstić information content (AvgIpc) is 2.38. The number of halogens is 1. The second kappa shape index (κ2) is 6.25. The lowest BCUT2D eigenvalue weighted by Gasteiger charge is -2.36. The maximum atomic E-state index is 5.95. The van der Waals surface area contributed by atoms with Gasteiger partial charge in [0.1, 0.15) is 0 Å². The van der Waals surface area contributed by atoms with Crippen LogP contribution < -0.4 is 10.6 Å². The van der Waals surface area contributed by atoms with Crippen molar-refractivity contribution in [3.05, 3.63) is 28.2 Å². The Morgan fingerprint density at radius 2 is 1.95 bits per heavy atom. The number of benzene rings is 1. The molecule has 0 radical (unpaired) electrons. The summed E-state index contributed by atoms with van der Waals surface area (Å²) in [5.41, 5.74) is 8.42. The topological polar surface area (TPSA) is 32.5 Å². The zero-order valence-electron chi connectivity index (χ0n) is 12.1. The number of nitrogens with two attached hydrogens (primary N) is 1. The zero-order valence-corrected chi connectivity index (χ0v) is 13.7. The molecule has 4 heteroatoms. The van der Waals surface area contributed by atoms with E-state index in [4.69, 9.17) is 5.73 Å². The maximum absolute atomic E-state index is 5.95. The summed E-state index contributed by atoms with van der Waals surface area (Å²) in [7, 11) is 4.35. The number of rotatable bonds is 3. The summed E-state index contributed by atoms with van der Waals surface area (Å²) in [6, 6.07) is 7.34. The van der Waals surface area contributed by atoms with Gasteiger partial charge in [0.25, 0.3) is 0 Å². The van der Waals surface area contributed by atoms with Gasteiger partial charge in [0.2, 0.25) is 0 Å². The summed E-state index contributed by atoms with van der Waals surface area (Å²) in [6.07, 6.45) is 2.47. The largest absolute Gasteiger partial charge is 0.371 e. The first-order chi connectivity index (χ1) is 8.99. The van der Waals surface area contributed by atoms with Crippen molar-refractivity contribution in [2.24, 2.45) is 5.73 Å². The normalized spacial score (nSPS) is 18.9. The highest BCUT2D eigenvalue weighted by atomic mass is 79.9. The SMILES string of the molecule is CC(N)c1ccc(N2CCC(N(C)C)CC2)cc1Br. The third-order valence-corrected chi connectivity index (χ3v) is 4.72. The van der Waals surface area contributed by atoms with Crippen LogP contribution in [-0.2, 0) is 0 Å². The average molecular weight is 326 g/mol. The van der Waals surface area contributed by atoms with E-state index in [2.05, 4.69) is 58.0 Å². The highest BCUT2D eigenvalue weighted by molar-refractivity contribution is 9.10. The lowest BCUT2D eigenvalue weighted by Crippen LogP contribution is -2.42. The minimum absolute atomic E-state index is 0.0721. The first kappa shape index (κ1) is 14.8. The van der Waals surface area contributed by atoms with Crippen LogP contribution in [0, 0.1) is 0 Å². The summed E-state index contributed by atoms with van der Waals surface area (Å²) < 4.78 is 1.12. The molecule has 1 atom stereocenters. The molecule has 0 amide bonds. The Labute approximate surface area is 124 Å². The predicted molar refractivity (Wildman–Crippen MR) is 85.7 cm³/mol. The molecule has 3 nitrogen and oxygen atoms in total. The highest BCUT2D eigenvalue weighted by Gasteiger charge is 2.21. The van der Waals surface area contributed by atoms with Crippen molar-refractivity contribution in [2.45, 2.75) is 31.8 Å². The van der Waals surface area contributed by atoms with Gasteiger partial charge in [0, 0.05) is 35.3 Å². The molecule has 1 fully saturated rings. The zero-order chi connectivity index (χ0) is 14.0. The standard InChI is InChI=1S/C15H24BrN3/c1-11(17)14-5-4-13(10-15(14)16)19-8-6-12(7-9-19)18(2)3/h4-5,10-12H,6-9,17H2,1-3H3. The molecular weight excluding hydrogens is 302 g/mol. The molecule has 106 valence electrons. The van der Waals surface area contributed by atoms with Gasteiger partial charge < -0.3 is 15.5 Å². The van der Waals surface area contributed by atoms with E-state index in [1.165, 1.54) is 24.1 Å². The molecule has 0 spiro atoms. The van der Waals surface area contributed by atoms with Crippen molar-refractivity contribution < 1.29 is 0 Å². The minimum Gasteiger partial charge on any atom is -0.371 e. The van der Waals surface area contributed by atoms with Gasteiger partial charge in [0.05, 0.1) is 0 Å². The van der Waals surface area contributed by atoms with Crippen LogP contribution in [0.4, 0.5) is 5.69 Å². The lowest BCUT2D eigenvalue weighted by atomic mass is 10.0. The van der Waals surface area contributed by atoms with Gasteiger partial charge in [-0.3, -0.25) is 0 Å². The van der Waals surface area contributed by atoms with Crippen molar-refractivity contribution in [3.63, 3.8) is 0 Å². The van der Waals surface area contributed by atoms with E-state index < -0.39 is 0 Å². The lowest BCUT2D eigenvalue weighted by molar-refractivity contribution is 0.249. The number of anilines is 1. The van der Waals surface area contributed by atoms with Gasteiger partial charge in [-0.1, -0.05) is 22.0 Å². The van der Waals surface area contributed by atoms with Crippen molar-refractivity contribution in [2.75, 3.05) is 32.1 Å². The molecule has 1 aromatic rings. The first-order valence-electron chi connectivity index (χ1n) is 6.95. The molecule has 0 saturated carbocycles. The van der Waals surface area contributed by atoms with Crippen LogP contribution in [0.3, 0.4) is 0 Å². The Kier molecular flexibility index (Phi) is 4.87. The third kappa shape index (κ3) is 3.50. The van der Waals surface area contributed by atoms with E-state index in [-0.39, 0.29) is 6.04 Å². The highest BCUT2D eigenvalue weighted by Crippen LogP contribution is 2.29. The molecule has 1 aliphatic heterocycles. The van der Waals surface area contributed by atoms with E-state index in [9.17, 15) is 0 Å². The van der Waals surface area contributed by atoms with Gasteiger partial charge in [-0.15, -0.1) is 0 Å². The fourth-order valence-electron chi connectivity index (χ4n) is 2.72. The molecule has 1 saturated heterocycles. The van der Waals surface area contributed by atoms with E-state index in [1.807, 2.05) is 6.92 Å². The van der Waals surface area contributed by atoms with Crippen LogP contribution in [0.25, 0.3) is 0 Å². The van der Waals surface area contributed by atoms with Crippen LogP contribution in [0.2, 0.25) is 0 Å². The molecule has 19 heavy (non-hydrogen) atoms. The molecule has 0 bridgehead atoms. The van der Waals surface area contributed by atoms with Crippen molar-refractivity contribution in [1.82, 2.24) is 4.90 Å². The van der Waals surface area contributed by atoms with E-state index >= 15 is 0 Å². The molecular formula is C15H24BrN3. The Hall–Kier alpha value is -0.580. The fraction of sp³-hybridized carbons (Fsp3) is 0.600. The molecule has 1 heterocycles. The van der Waals surface area contributed by atoms with Gasteiger partial charge in [0.15, 0.2) is 0 Å².